The third kappa shape index (κ3) is 7.78. The number of piperidine rings is 2. The van der Waals surface area contributed by atoms with Gasteiger partial charge in [0, 0.05) is 37.2 Å². The van der Waals surface area contributed by atoms with Crippen LogP contribution in [0, 0.1) is 5.92 Å². The summed E-state index contributed by atoms with van der Waals surface area (Å²) in [7, 11) is 1.76. The molecule has 3 fully saturated rings. The molecule has 17 heteroatoms. The van der Waals surface area contributed by atoms with Gasteiger partial charge < -0.3 is 15.3 Å². The summed E-state index contributed by atoms with van der Waals surface area (Å²) >= 11 is 1.55. The van der Waals surface area contributed by atoms with Gasteiger partial charge in [0.2, 0.25) is 11.8 Å². The number of anilines is 1. The first kappa shape index (κ1) is 39.8. The number of aromatic nitrogens is 5. The van der Waals surface area contributed by atoms with E-state index in [0.717, 1.165) is 90.7 Å². The van der Waals surface area contributed by atoms with E-state index in [4.69, 9.17) is 4.98 Å². The number of benzene rings is 2. The van der Waals surface area contributed by atoms with Crippen molar-refractivity contribution in [2.24, 2.45) is 13.0 Å². The molecule has 306 valence electrons. The number of imide groups is 1. The summed E-state index contributed by atoms with van der Waals surface area (Å²) in [6.45, 7) is 6.11. The van der Waals surface area contributed by atoms with Crippen LogP contribution in [0.3, 0.4) is 0 Å². The maximum Gasteiger partial charge on any atom is 0.434 e. The van der Waals surface area contributed by atoms with Gasteiger partial charge in [-0.15, -0.1) is 11.3 Å². The lowest BCUT2D eigenvalue weighted by Gasteiger charge is -2.36. The molecule has 2 aliphatic heterocycles. The van der Waals surface area contributed by atoms with Crippen molar-refractivity contribution in [3.8, 4) is 0 Å². The number of imidazole rings is 1. The van der Waals surface area contributed by atoms with E-state index in [-0.39, 0.29) is 35.5 Å². The minimum Gasteiger partial charge on any atom is -0.386 e. The van der Waals surface area contributed by atoms with Crippen LogP contribution in [0.5, 0.6) is 0 Å². The molecule has 3 amide bonds. The van der Waals surface area contributed by atoms with E-state index >= 15 is 0 Å². The standard InChI is InChI=1S/C41H45F3N8O5S/c1-40(2,57)26-17-28-32(18-27(26)47-36(54)29-19-46-33(20-45-29)41(42,43)44)58-38(48-28)24-9-7-22(8-10-24)21-51-15-13-23(14-16-51)25-5-4-6-30-35(25)50(3)39(56)52(30)31-11-12-34(53)49-37(31)55/h4-6,17-20,22-24,31,57H,7-16,21H2,1-3H3,(H,47,54)(H,49,53,55). The third-order valence-electron chi connectivity index (χ3n) is 12.0. The second-order valence-corrected chi connectivity index (χ2v) is 17.5. The number of nitrogens with zero attached hydrogens (tertiary/aromatic N) is 6. The Kier molecular flexibility index (Phi) is 10.5. The van der Waals surface area contributed by atoms with Crippen molar-refractivity contribution >= 4 is 56.0 Å². The average molecular weight is 819 g/mol. The zero-order valence-corrected chi connectivity index (χ0v) is 33.3. The Bertz CT molecular complexity index is 2450. The molecule has 3 N–H and O–H groups in total. The normalized spacial score (nSPS) is 21.5. The first-order valence-electron chi connectivity index (χ1n) is 19.7. The van der Waals surface area contributed by atoms with Crippen molar-refractivity contribution in [2.45, 2.75) is 94.9 Å². The molecule has 5 heterocycles. The van der Waals surface area contributed by atoms with Gasteiger partial charge in [-0.05, 0) is 107 Å². The highest BCUT2D eigenvalue weighted by Crippen LogP contribution is 2.42. The molecule has 8 rings (SSSR count). The Morgan fingerprint density at radius 1 is 0.983 bits per heavy atom. The molecule has 13 nitrogen and oxygen atoms in total. The number of aryl methyl sites for hydroxylation is 1. The number of amides is 3. The number of nitrogens with one attached hydrogen (secondary N) is 2. The maximum absolute atomic E-state index is 13.5. The summed E-state index contributed by atoms with van der Waals surface area (Å²) in [5, 5.41) is 17.1. The van der Waals surface area contributed by atoms with Crippen LogP contribution < -0.4 is 16.3 Å². The molecule has 3 aliphatic rings. The number of fused-ring (bicyclic) bond motifs is 2. The van der Waals surface area contributed by atoms with Gasteiger partial charge in [-0.25, -0.2) is 19.7 Å². The summed E-state index contributed by atoms with van der Waals surface area (Å²) in [4.78, 5) is 65.5. The molecule has 2 saturated heterocycles. The Hall–Kier alpha value is -5.00. The number of para-hydroxylation sites is 1. The van der Waals surface area contributed by atoms with E-state index in [1.165, 1.54) is 0 Å². The van der Waals surface area contributed by atoms with Gasteiger partial charge in [-0.2, -0.15) is 13.2 Å². The average Bonchev–Trinajstić information content (AvgIpc) is 3.72. The lowest BCUT2D eigenvalue weighted by Crippen LogP contribution is -2.44. The predicted octanol–water partition coefficient (Wildman–Crippen LogP) is 6.37. The molecule has 58 heavy (non-hydrogen) atoms. The fourth-order valence-corrected chi connectivity index (χ4v) is 10.1. The van der Waals surface area contributed by atoms with Gasteiger partial charge in [0.05, 0.1) is 44.3 Å². The number of aliphatic hydroxyl groups is 1. The monoisotopic (exact) mass is 818 g/mol. The first-order chi connectivity index (χ1) is 27.5. The van der Waals surface area contributed by atoms with Crippen LogP contribution in [-0.4, -0.2) is 71.4 Å². The largest absolute Gasteiger partial charge is 0.434 e. The number of rotatable bonds is 8. The second-order valence-electron chi connectivity index (χ2n) is 16.4. The quantitative estimate of drug-likeness (QED) is 0.151. The van der Waals surface area contributed by atoms with Crippen molar-refractivity contribution < 1.29 is 32.7 Å². The third-order valence-corrected chi connectivity index (χ3v) is 13.2. The van der Waals surface area contributed by atoms with E-state index in [2.05, 4.69) is 31.6 Å². The number of alkyl halides is 3. The summed E-state index contributed by atoms with van der Waals surface area (Å²) in [5.41, 5.74) is 1.06. The molecule has 3 aromatic heterocycles. The molecule has 0 radical (unpaired) electrons. The predicted molar refractivity (Wildman–Crippen MR) is 212 cm³/mol. The lowest BCUT2D eigenvalue weighted by molar-refractivity contribution is -0.141. The summed E-state index contributed by atoms with van der Waals surface area (Å²) in [5.74, 6) is -0.369. The Balaban J connectivity index is 0.891. The fraction of sp³-hybridized carbons (Fsp3) is 0.488. The Labute approximate surface area is 335 Å². The maximum atomic E-state index is 13.5. The SMILES string of the molecule is Cn1c(=O)n(C2CCC(=O)NC2=O)c2cccc(C3CCN(CC4CCC(c5nc6cc(C(C)(C)O)c(NC(=O)c7cnc(C(F)(F)F)cn7)cc6s5)CC4)CC3)c21. The van der Waals surface area contributed by atoms with Crippen molar-refractivity contribution in [1.82, 2.24) is 34.3 Å². The Morgan fingerprint density at radius 2 is 1.72 bits per heavy atom. The number of carbonyl (C=O) groups is 3. The Morgan fingerprint density at radius 3 is 2.38 bits per heavy atom. The molecule has 2 aromatic carbocycles. The zero-order chi connectivity index (χ0) is 41.1. The number of likely N-dealkylation sites (tertiary alicyclic amines) is 1. The zero-order valence-electron chi connectivity index (χ0n) is 32.4. The van der Waals surface area contributed by atoms with E-state index in [0.29, 0.717) is 35.3 Å². The molecule has 1 aliphatic carbocycles. The number of carbonyl (C=O) groups excluding carboxylic acids is 3. The number of halogens is 3. The molecule has 1 atom stereocenters. The van der Waals surface area contributed by atoms with Crippen LogP contribution in [0.2, 0.25) is 0 Å². The summed E-state index contributed by atoms with van der Waals surface area (Å²) < 4.78 is 42.9. The fourth-order valence-electron chi connectivity index (χ4n) is 8.97. The second kappa shape index (κ2) is 15.3. The lowest BCUT2D eigenvalue weighted by atomic mass is 9.81. The minimum absolute atomic E-state index is 0.201. The molecule has 0 spiro atoms. The highest BCUT2D eigenvalue weighted by atomic mass is 32.1. The van der Waals surface area contributed by atoms with Gasteiger partial charge in [0.1, 0.15) is 11.7 Å². The highest BCUT2D eigenvalue weighted by molar-refractivity contribution is 7.18. The van der Waals surface area contributed by atoms with Gasteiger partial charge in [-0.1, -0.05) is 12.1 Å². The topological polar surface area (TPSA) is 164 Å². The molecule has 5 aromatic rings. The van der Waals surface area contributed by atoms with E-state index in [1.807, 2.05) is 12.1 Å². The van der Waals surface area contributed by atoms with Crippen LogP contribution in [0.4, 0.5) is 18.9 Å². The van der Waals surface area contributed by atoms with Crippen molar-refractivity contribution in [3.05, 3.63) is 80.7 Å². The first-order valence-corrected chi connectivity index (χ1v) is 20.5. The number of thiazole rings is 1. The van der Waals surface area contributed by atoms with Gasteiger partial charge >= 0.3 is 11.9 Å². The molecule has 1 saturated carbocycles. The number of hydrogen-bond acceptors (Lipinski definition) is 10. The van der Waals surface area contributed by atoms with Crippen LogP contribution >= 0.6 is 11.3 Å². The molecular formula is C41H45F3N8O5S. The van der Waals surface area contributed by atoms with E-state index in [1.54, 1.807) is 53.5 Å². The minimum atomic E-state index is -4.68. The molecule has 1 unspecified atom stereocenters. The number of hydrogen-bond donors (Lipinski definition) is 3. The molecule has 0 bridgehead atoms. The highest BCUT2D eigenvalue weighted by Gasteiger charge is 2.35. The van der Waals surface area contributed by atoms with Gasteiger partial charge in [0.15, 0.2) is 5.69 Å². The van der Waals surface area contributed by atoms with Crippen molar-refractivity contribution in [3.63, 3.8) is 0 Å². The smallest absolute Gasteiger partial charge is 0.386 e. The van der Waals surface area contributed by atoms with Gasteiger partial charge in [-0.3, -0.25) is 28.8 Å². The van der Waals surface area contributed by atoms with Crippen molar-refractivity contribution in [1.29, 1.82) is 0 Å². The summed E-state index contributed by atoms with van der Waals surface area (Å²) in [6, 6.07) is 8.74. The molecular weight excluding hydrogens is 774 g/mol. The van der Waals surface area contributed by atoms with Crippen LogP contribution in [-0.2, 0) is 28.4 Å². The van der Waals surface area contributed by atoms with Gasteiger partial charge in [0.25, 0.3) is 5.91 Å². The van der Waals surface area contributed by atoms with E-state index in [9.17, 15) is 37.5 Å². The van der Waals surface area contributed by atoms with Crippen LogP contribution in [0.25, 0.3) is 21.3 Å². The van der Waals surface area contributed by atoms with Crippen LogP contribution in [0.15, 0.2) is 47.5 Å². The summed E-state index contributed by atoms with van der Waals surface area (Å²) in [6.07, 6.45) is 3.18. The van der Waals surface area contributed by atoms with Crippen molar-refractivity contribution in [2.75, 3.05) is 25.0 Å². The van der Waals surface area contributed by atoms with Crippen LogP contribution in [0.1, 0.15) is 115 Å². The van der Waals surface area contributed by atoms with E-state index < -0.39 is 35.3 Å².